The molecule has 0 aliphatic carbocycles. The summed E-state index contributed by atoms with van der Waals surface area (Å²) in [6.07, 6.45) is 5.88. The largest absolute Gasteiger partial charge is 0.351 e. The maximum absolute atomic E-state index is 4.77. The quantitative estimate of drug-likeness (QED) is 0.755. The average molecular weight is 304 g/mol. The van der Waals surface area contributed by atoms with E-state index in [1.54, 1.807) is 11.3 Å². The first kappa shape index (κ1) is 14.1. The summed E-state index contributed by atoms with van der Waals surface area (Å²) in [5, 5.41) is 5.46. The highest BCUT2D eigenvalue weighted by atomic mass is 32.1. The molecule has 0 unspecified atom stereocenters. The van der Waals surface area contributed by atoms with Gasteiger partial charge in [-0.05, 0) is 6.54 Å². The second-order valence-electron chi connectivity index (χ2n) is 5.03. The average Bonchev–Trinajstić information content (AvgIpc) is 3.14. The van der Waals surface area contributed by atoms with Crippen molar-refractivity contribution in [1.82, 2.24) is 24.3 Å². The zero-order valence-corrected chi connectivity index (χ0v) is 13.4. The molecule has 7 heteroatoms. The molecule has 0 aromatic carbocycles. The van der Waals surface area contributed by atoms with Crippen molar-refractivity contribution in [2.24, 2.45) is 7.05 Å². The van der Waals surface area contributed by atoms with E-state index in [0.717, 1.165) is 36.2 Å². The smallest absolute Gasteiger partial charge is 0.195 e. The fraction of sp³-hybridized carbons (Fsp3) is 0.429. The number of hydrogen-bond donors (Lipinski definition) is 1. The van der Waals surface area contributed by atoms with Crippen LogP contribution in [0.1, 0.15) is 18.4 Å². The minimum absolute atomic E-state index is 0.744. The predicted octanol–water partition coefficient (Wildman–Crippen LogP) is 1.88. The number of fused-ring (bicyclic) bond motifs is 1. The van der Waals surface area contributed by atoms with Crippen molar-refractivity contribution in [3.8, 4) is 0 Å². The molecule has 6 nitrogen and oxygen atoms in total. The first-order valence-electron chi connectivity index (χ1n) is 7.03. The van der Waals surface area contributed by atoms with E-state index in [4.69, 9.17) is 4.98 Å². The van der Waals surface area contributed by atoms with Gasteiger partial charge in [-0.15, -0.1) is 11.3 Å². The lowest BCUT2D eigenvalue weighted by atomic mass is 10.3. The Kier molecular flexibility index (Phi) is 3.94. The molecule has 3 rings (SSSR count). The molecule has 112 valence electrons. The fourth-order valence-electron chi connectivity index (χ4n) is 2.37. The standard InChI is InChI=1S/C14H20N6S/c1-4-15-9-11-13(17-14-20(11)7-8-21-14)19(3)10-12-16-5-6-18(12)2/h5-8,15H,4,9-10H2,1-3H3. The van der Waals surface area contributed by atoms with E-state index in [0.29, 0.717) is 0 Å². The summed E-state index contributed by atoms with van der Waals surface area (Å²) in [7, 11) is 4.08. The minimum Gasteiger partial charge on any atom is -0.351 e. The van der Waals surface area contributed by atoms with Crippen molar-refractivity contribution < 1.29 is 0 Å². The number of imidazole rings is 2. The third-order valence-electron chi connectivity index (χ3n) is 3.54. The lowest BCUT2D eigenvalue weighted by Gasteiger charge is -2.18. The predicted molar refractivity (Wildman–Crippen MR) is 85.8 cm³/mol. The zero-order valence-electron chi connectivity index (χ0n) is 12.6. The SMILES string of the molecule is CCNCc1c(N(C)Cc2nccn2C)nc2sccn12. The van der Waals surface area contributed by atoms with Crippen molar-refractivity contribution in [2.75, 3.05) is 18.5 Å². The molecule has 0 atom stereocenters. The van der Waals surface area contributed by atoms with Crippen LogP contribution in [0.3, 0.4) is 0 Å². The molecular weight excluding hydrogens is 284 g/mol. The normalized spacial score (nSPS) is 11.4. The molecule has 1 N–H and O–H groups in total. The molecule has 3 heterocycles. The summed E-state index contributed by atoms with van der Waals surface area (Å²) >= 11 is 1.66. The Morgan fingerprint density at radius 1 is 1.38 bits per heavy atom. The lowest BCUT2D eigenvalue weighted by Crippen LogP contribution is -2.22. The Morgan fingerprint density at radius 3 is 2.95 bits per heavy atom. The van der Waals surface area contributed by atoms with Crippen molar-refractivity contribution in [3.63, 3.8) is 0 Å². The third-order valence-corrected chi connectivity index (χ3v) is 4.30. The molecule has 0 spiro atoms. The van der Waals surface area contributed by atoms with Crippen LogP contribution in [0.15, 0.2) is 24.0 Å². The second kappa shape index (κ2) is 5.87. The van der Waals surface area contributed by atoms with Crippen LogP contribution in [-0.2, 0) is 20.1 Å². The second-order valence-corrected chi connectivity index (χ2v) is 5.90. The van der Waals surface area contributed by atoms with Crippen LogP contribution >= 0.6 is 11.3 Å². The van der Waals surface area contributed by atoms with Gasteiger partial charge in [0.15, 0.2) is 10.8 Å². The monoisotopic (exact) mass is 304 g/mol. The van der Waals surface area contributed by atoms with Crippen molar-refractivity contribution in [1.29, 1.82) is 0 Å². The van der Waals surface area contributed by atoms with Crippen LogP contribution in [0, 0.1) is 0 Å². The highest BCUT2D eigenvalue weighted by Crippen LogP contribution is 2.24. The number of thiazole rings is 1. The highest BCUT2D eigenvalue weighted by Gasteiger charge is 2.17. The van der Waals surface area contributed by atoms with Gasteiger partial charge in [0.1, 0.15) is 5.82 Å². The van der Waals surface area contributed by atoms with E-state index in [1.165, 1.54) is 5.69 Å². The van der Waals surface area contributed by atoms with Gasteiger partial charge in [-0.25, -0.2) is 9.97 Å². The molecule has 0 aliphatic rings. The number of hydrogen-bond acceptors (Lipinski definition) is 5. The van der Waals surface area contributed by atoms with Gasteiger partial charge in [-0.3, -0.25) is 4.40 Å². The van der Waals surface area contributed by atoms with Gasteiger partial charge in [-0.2, -0.15) is 0 Å². The van der Waals surface area contributed by atoms with Gasteiger partial charge < -0.3 is 14.8 Å². The lowest BCUT2D eigenvalue weighted by molar-refractivity contribution is 0.697. The Labute approximate surface area is 128 Å². The van der Waals surface area contributed by atoms with Gasteiger partial charge in [0.25, 0.3) is 0 Å². The van der Waals surface area contributed by atoms with Gasteiger partial charge in [-0.1, -0.05) is 6.92 Å². The number of anilines is 1. The van der Waals surface area contributed by atoms with Gasteiger partial charge >= 0.3 is 0 Å². The van der Waals surface area contributed by atoms with Crippen LogP contribution in [0.2, 0.25) is 0 Å². The summed E-state index contributed by atoms with van der Waals surface area (Å²) in [6, 6.07) is 0. The summed E-state index contributed by atoms with van der Waals surface area (Å²) in [6.45, 7) is 4.62. The molecule has 21 heavy (non-hydrogen) atoms. The molecule has 0 bridgehead atoms. The number of aryl methyl sites for hydroxylation is 1. The number of nitrogens with zero attached hydrogens (tertiary/aromatic N) is 5. The van der Waals surface area contributed by atoms with Crippen LogP contribution < -0.4 is 10.2 Å². The Balaban J connectivity index is 1.91. The summed E-state index contributed by atoms with van der Waals surface area (Å²) in [4.78, 5) is 12.3. The molecule has 0 radical (unpaired) electrons. The first-order chi connectivity index (χ1) is 10.2. The Bertz CT molecular complexity index is 725. The number of rotatable bonds is 6. The van der Waals surface area contributed by atoms with Gasteiger partial charge in [0.2, 0.25) is 0 Å². The maximum Gasteiger partial charge on any atom is 0.195 e. The van der Waals surface area contributed by atoms with Crippen molar-refractivity contribution >= 4 is 22.1 Å². The molecule has 0 aliphatic heterocycles. The maximum atomic E-state index is 4.77. The Hall–Kier alpha value is -1.86. The topological polar surface area (TPSA) is 50.4 Å². The van der Waals surface area contributed by atoms with E-state index in [2.05, 4.69) is 45.1 Å². The molecule has 0 fully saturated rings. The highest BCUT2D eigenvalue weighted by molar-refractivity contribution is 7.15. The van der Waals surface area contributed by atoms with Gasteiger partial charge in [0, 0.05) is 44.6 Å². The van der Waals surface area contributed by atoms with E-state index < -0.39 is 0 Å². The third kappa shape index (κ3) is 2.66. The van der Waals surface area contributed by atoms with Crippen LogP contribution in [0.5, 0.6) is 0 Å². The molecule has 0 amide bonds. The van der Waals surface area contributed by atoms with E-state index in [1.807, 2.05) is 24.0 Å². The first-order valence-corrected chi connectivity index (χ1v) is 7.91. The number of nitrogens with one attached hydrogen (secondary N) is 1. The summed E-state index contributed by atoms with van der Waals surface area (Å²) in [5.41, 5.74) is 1.20. The van der Waals surface area contributed by atoms with E-state index >= 15 is 0 Å². The van der Waals surface area contributed by atoms with E-state index in [9.17, 15) is 0 Å². The molecule has 0 saturated heterocycles. The van der Waals surface area contributed by atoms with Crippen LogP contribution in [0.25, 0.3) is 4.96 Å². The van der Waals surface area contributed by atoms with E-state index in [-0.39, 0.29) is 0 Å². The summed E-state index contributed by atoms with van der Waals surface area (Å²) in [5.74, 6) is 2.05. The molecular formula is C14H20N6S. The van der Waals surface area contributed by atoms with Crippen molar-refractivity contribution in [3.05, 3.63) is 35.5 Å². The summed E-state index contributed by atoms with van der Waals surface area (Å²) < 4.78 is 4.20. The Morgan fingerprint density at radius 2 is 2.24 bits per heavy atom. The molecule has 0 saturated carbocycles. The van der Waals surface area contributed by atoms with Gasteiger partial charge in [0.05, 0.1) is 12.2 Å². The zero-order chi connectivity index (χ0) is 14.8. The molecule has 3 aromatic rings. The fourth-order valence-corrected chi connectivity index (χ4v) is 3.10. The van der Waals surface area contributed by atoms with Crippen LogP contribution in [0.4, 0.5) is 5.82 Å². The number of aromatic nitrogens is 4. The minimum atomic E-state index is 0.744. The van der Waals surface area contributed by atoms with Crippen molar-refractivity contribution in [2.45, 2.75) is 20.0 Å². The molecule has 3 aromatic heterocycles. The van der Waals surface area contributed by atoms with Crippen LogP contribution in [-0.4, -0.2) is 32.5 Å².